The molecule has 2 aromatic heterocycles. The lowest BCUT2D eigenvalue weighted by atomic mass is 10.1. The molecule has 0 spiro atoms. The molecule has 0 radical (unpaired) electrons. The summed E-state index contributed by atoms with van der Waals surface area (Å²) in [6.07, 6.45) is 3.72. The molecule has 0 amide bonds. The molecule has 1 atom stereocenters. The van der Waals surface area contributed by atoms with Gasteiger partial charge < -0.3 is 24.5 Å². The molecule has 0 bridgehead atoms. The molecular weight excluding hydrogens is 352 g/mol. The molecule has 1 aliphatic heterocycles. The molecule has 2 N–H and O–H groups in total. The number of hydrogen-bond acceptors (Lipinski definition) is 6. The molecule has 26 heavy (non-hydrogen) atoms. The smallest absolute Gasteiger partial charge is 0.236 e. The van der Waals surface area contributed by atoms with E-state index in [1.54, 1.807) is 24.6 Å². The molecule has 0 saturated carbocycles. The predicted molar refractivity (Wildman–Crippen MR) is 102 cm³/mol. The van der Waals surface area contributed by atoms with Crippen molar-refractivity contribution in [3.05, 3.63) is 29.5 Å². The fourth-order valence-corrected chi connectivity index (χ4v) is 3.30. The molecule has 0 aliphatic carbocycles. The number of aromatic nitrogens is 1. The summed E-state index contributed by atoms with van der Waals surface area (Å²) in [5.41, 5.74) is 0.846. The van der Waals surface area contributed by atoms with Crippen LogP contribution < -0.4 is 10.6 Å². The van der Waals surface area contributed by atoms with Gasteiger partial charge in [-0.2, -0.15) is 0 Å². The number of hydrogen-bond donors (Lipinski definition) is 2. The van der Waals surface area contributed by atoms with Crippen molar-refractivity contribution in [2.75, 3.05) is 40.0 Å². The first-order valence-corrected chi connectivity index (χ1v) is 9.81. The van der Waals surface area contributed by atoms with Crippen LogP contribution in [-0.4, -0.2) is 51.0 Å². The van der Waals surface area contributed by atoms with Gasteiger partial charge in [-0.3, -0.25) is 4.99 Å². The van der Waals surface area contributed by atoms with Gasteiger partial charge in [-0.05, 0) is 24.3 Å². The highest BCUT2D eigenvalue weighted by Gasteiger charge is 2.15. The quantitative estimate of drug-likeness (QED) is 0.396. The summed E-state index contributed by atoms with van der Waals surface area (Å²) in [5, 5.41) is 8.53. The van der Waals surface area contributed by atoms with E-state index in [2.05, 4.69) is 20.6 Å². The van der Waals surface area contributed by atoms with Gasteiger partial charge in [-0.25, -0.2) is 4.98 Å². The highest BCUT2D eigenvalue weighted by atomic mass is 32.1. The number of ether oxygens (including phenoxy) is 2. The molecular formula is C18H26N4O3S. The number of guanidine groups is 1. The first-order valence-electron chi connectivity index (χ1n) is 8.93. The number of rotatable bonds is 9. The third kappa shape index (κ3) is 5.82. The van der Waals surface area contributed by atoms with Crippen LogP contribution in [0.2, 0.25) is 0 Å². The lowest BCUT2D eigenvalue weighted by molar-refractivity contribution is 0.0888. The number of nitrogens with zero attached hydrogens (tertiary/aromatic N) is 2. The minimum Gasteiger partial charge on any atom is -0.443 e. The summed E-state index contributed by atoms with van der Waals surface area (Å²) >= 11 is 1.61. The second-order valence-electron chi connectivity index (χ2n) is 6.13. The Morgan fingerprint density at radius 1 is 1.46 bits per heavy atom. The average molecular weight is 378 g/mol. The molecule has 3 rings (SSSR count). The Bertz CT molecular complexity index is 666. The third-order valence-corrected chi connectivity index (χ3v) is 4.94. The average Bonchev–Trinajstić information content (AvgIpc) is 3.42. The van der Waals surface area contributed by atoms with E-state index in [0.717, 1.165) is 62.3 Å². The van der Waals surface area contributed by atoms with Gasteiger partial charge >= 0.3 is 0 Å². The van der Waals surface area contributed by atoms with Crippen LogP contribution in [0.1, 0.15) is 18.5 Å². The van der Waals surface area contributed by atoms with E-state index in [4.69, 9.17) is 13.9 Å². The monoisotopic (exact) mass is 378 g/mol. The summed E-state index contributed by atoms with van der Waals surface area (Å²) in [4.78, 5) is 9.74. The van der Waals surface area contributed by atoms with Gasteiger partial charge in [-0.15, -0.1) is 11.3 Å². The molecule has 2 aromatic rings. The third-order valence-electron chi connectivity index (χ3n) is 4.08. The van der Waals surface area contributed by atoms with Crippen LogP contribution in [0.4, 0.5) is 0 Å². The van der Waals surface area contributed by atoms with Gasteiger partial charge in [0.05, 0.1) is 30.3 Å². The zero-order valence-corrected chi connectivity index (χ0v) is 15.9. The fraction of sp³-hybridized carbons (Fsp3) is 0.556. The van der Waals surface area contributed by atoms with Crippen molar-refractivity contribution in [1.29, 1.82) is 0 Å². The summed E-state index contributed by atoms with van der Waals surface area (Å²) in [6, 6.07) is 3.98. The maximum atomic E-state index is 5.70. The van der Waals surface area contributed by atoms with Crippen molar-refractivity contribution in [3.8, 4) is 10.8 Å². The standard InChI is InChI=1S/C18H26N4O3S/c1-19-18(20-6-3-7-23-11-14-5-8-24-12-14)21-10-15-13-25-17(22-15)16-4-2-9-26-16/h2,4,9,13-14H,3,5-8,10-12H2,1H3,(H2,19,20,21). The minimum atomic E-state index is 0.562. The molecule has 8 heteroatoms. The highest BCUT2D eigenvalue weighted by molar-refractivity contribution is 7.13. The van der Waals surface area contributed by atoms with Gasteiger partial charge in [0.25, 0.3) is 0 Å². The number of oxazole rings is 1. The van der Waals surface area contributed by atoms with Crippen LogP contribution in [0.5, 0.6) is 0 Å². The van der Waals surface area contributed by atoms with E-state index in [-0.39, 0.29) is 0 Å². The molecule has 1 fully saturated rings. The van der Waals surface area contributed by atoms with Crippen molar-refractivity contribution >= 4 is 17.3 Å². The van der Waals surface area contributed by atoms with Crippen molar-refractivity contribution in [3.63, 3.8) is 0 Å². The van der Waals surface area contributed by atoms with Gasteiger partial charge in [0.2, 0.25) is 5.89 Å². The lowest BCUT2D eigenvalue weighted by Crippen LogP contribution is -2.37. The molecule has 1 unspecified atom stereocenters. The highest BCUT2D eigenvalue weighted by Crippen LogP contribution is 2.23. The Balaban J connectivity index is 1.29. The Morgan fingerprint density at radius 2 is 2.42 bits per heavy atom. The molecule has 142 valence electrons. The summed E-state index contributed by atoms with van der Waals surface area (Å²) in [7, 11) is 1.76. The van der Waals surface area contributed by atoms with Gasteiger partial charge in [0.1, 0.15) is 6.26 Å². The maximum Gasteiger partial charge on any atom is 0.236 e. The Kier molecular flexibility index (Phi) is 7.48. The SMILES string of the molecule is CN=C(NCCCOCC1CCOC1)NCc1coc(-c2cccs2)n1. The van der Waals surface area contributed by atoms with Crippen LogP contribution in [-0.2, 0) is 16.0 Å². The zero-order valence-electron chi connectivity index (χ0n) is 15.1. The first kappa shape index (κ1) is 18.9. The summed E-state index contributed by atoms with van der Waals surface area (Å²) < 4.78 is 16.6. The van der Waals surface area contributed by atoms with Gasteiger partial charge in [0.15, 0.2) is 5.96 Å². The largest absolute Gasteiger partial charge is 0.443 e. The topological polar surface area (TPSA) is 80.9 Å². The second-order valence-corrected chi connectivity index (χ2v) is 7.08. The van der Waals surface area contributed by atoms with Crippen molar-refractivity contribution in [2.24, 2.45) is 10.9 Å². The summed E-state index contributed by atoms with van der Waals surface area (Å²) in [6.45, 7) is 4.62. The number of nitrogens with one attached hydrogen (secondary N) is 2. The van der Waals surface area contributed by atoms with Crippen LogP contribution in [0.25, 0.3) is 10.8 Å². The molecule has 1 aliphatic rings. The minimum absolute atomic E-state index is 0.562. The van der Waals surface area contributed by atoms with E-state index in [0.29, 0.717) is 18.4 Å². The van der Waals surface area contributed by atoms with E-state index in [9.17, 15) is 0 Å². The Hall–Kier alpha value is -1.90. The first-order chi connectivity index (χ1) is 12.8. The molecule has 3 heterocycles. The van der Waals surface area contributed by atoms with Crippen molar-refractivity contribution < 1.29 is 13.9 Å². The number of aliphatic imine (C=N–C) groups is 1. The van der Waals surface area contributed by atoms with E-state index < -0.39 is 0 Å². The number of thiophene rings is 1. The molecule has 7 nitrogen and oxygen atoms in total. The molecule has 1 saturated heterocycles. The maximum absolute atomic E-state index is 5.70. The van der Waals surface area contributed by atoms with E-state index in [1.807, 2.05) is 17.5 Å². The van der Waals surface area contributed by atoms with Gasteiger partial charge in [-0.1, -0.05) is 6.07 Å². The van der Waals surface area contributed by atoms with Gasteiger partial charge in [0, 0.05) is 32.7 Å². The summed E-state index contributed by atoms with van der Waals surface area (Å²) in [5.74, 6) is 1.97. The Morgan fingerprint density at radius 3 is 3.19 bits per heavy atom. The lowest BCUT2D eigenvalue weighted by Gasteiger charge is -2.12. The Labute approximate surface area is 157 Å². The second kappa shape index (κ2) is 10.3. The van der Waals surface area contributed by atoms with E-state index in [1.165, 1.54) is 0 Å². The fourth-order valence-electron chi connectivity index (χ4n) is 2.64. The zero-order chi connectivity index (χ0) is 18.0. The van der Waals surface area contributed by atoms with E-state index >= 15 is 0 Å². The normalized spacial score (nSPS) is 17.6. The van der Waals surface area contributed by atoms with Crippen LogP contribution >= 0.6 is 11.3 Å². The van der Waals surface area contributed by atoms with Crippen LogP contribution in [0, 0.1) is 5.92 Å². The predicted octanol–water partition coefficient (Wildman–Crippen LogP) is 2.51. The van der Waals surface area contributed by atoms with Crippen LogP contribution in [0.15, 0.2) is 33.2 Å². The van der Waals surface area contributed by atoms with Crippen molar-refractivity contribution in [1.82, 2.24) is 15.6 Å². The molecule has 0 aromatic carbocycles. The van der Waals surface area contributed by atoms with Crippen LogP contribution in [0.3, 0.4) is 0 Å². The van der Waals surface area contributed by atoms with Crippen molar-refractivity contribution in [2.45, 2.75) is 19.4 Å².